The lowest BCUT2D eigenvalue weighted by Crippen LogP contribution is -2.61. The second-order valence-corrected chi connectivity index (χ2v) is 18.0. The zero-order valence-corrected chi connectivity index (χ0v) is 29.8. The van der Waals surface area contributed by atoms with Crippen molar-refractivity contribution < 1.29 is 37.0 Å². The Morgan fingerprint density at radius 1 is 0.938 bits per heavy atom. The van der Waals surface area contributed by atoms with Crippen LogP contribution in [0, 0.1) is 51.2 Å². The van der Waals surface area contributed by atoms with E-state index in [0.717, 1.165) is 38.5 Å². The van der Waals surface area contributed by atoms with Gasteiger partial charge >= 0.3 is 18.4 Å². The molecule has 5 saturated carbocycles. The summed E-state index contributed by atoms with van der Waals surface area (Å²) < 4.78 is 57.0. The van der Waals surface area contributed by atoms with Crippen molar-refractivity contribution in [2.75, 3.05) is 26.2 Å². The maximum atomic E-state index is 12.9. The molecule has 11 heteroatoms. The largest absolute Gasteiger partial charge is 0.446 e. The fourth-order valence-electron chi connectivity index (χ4n) is 13.0. The standard InChI is InChI=1S/C37H58F3N3O5/c1-7-41-31(44)48-30(21(2)3)26-10-8-24-27(46-26)16-25-23-9-11-28-33(4,5)29(12-13-36(28)19-35(23,36)15-14-34(24,25)6)47-32(45)42-22-17-43(18-22)20-37(38,39)40/h21-30H,7-20H2,1-6H3,(H,41,44)(H,42,45)/t23?,24?,25?,26?,27?,28-,29-,30+,34+,35-,36?/m0/s1. The van der Waals surface area contributed by atoms with Gasteiger partial charge in [-0.05, 0) is 117 Å². The highest BCUT2D eigenvalue weighted by Crippen LogP contribution is 2.87. The molecule has 2 spiro atoms. The Morgan fingerprint density at radius 2 is 1.67 bits per heavy atom. The number of nitrogens with zero attached hydrogens (tertiary/aromatic N) is 1. The normalized spacial score (nSPS) is 43.8. The third-order valence-corrected chi connectivity index (χ3v) is 15.1. The van der Waals surface area contributed by atoms with Gasteiger partial charge in [0.15, 0.2) is 0 Å². The molecule has 48 heavy (non-hydrogen) atoms. The van der Waals surface area contributed by atoms with Gasteiger partial charge in [0.1, 0.15) is 12.2 Å². The molecule has 2 aliphatic heterocycles. The molecule has 2 heterocycles. The van der Waals surface area contributed by atoms with Crippen LogP contribution in [0.25, 0.3) is 0 Å². The van der Waals surface area contributed by atoms with E-state index in [1.54, 1.807) is 0 Å². The van der Waals surface area contributed by atoms with Gasteiger partial charge in [0.25, 0.3) is 0 Å². The first kappa shape index (κ1) is 34.7. The van der Waals surface area contributed by atoms with Crippen molar-refractivity contribution in [3.05, 3.63) is 0 Å². The summed E-state index contributed by atoms with van der Waals surface area (Å²) in [6.07, 6.45) is 5.91. The number of ether oxygens (including phenoxy) is 3. The van der Waals surface area contributed by atoms with Gasteiger partial charge in [-0.3, -0.25) is 4.90 Å². The van der Waals surface area contributed by atoms with Crippen LogP contribution in [0.5, 0.6) is 0 Å². The number of rotatable bonds is 7. The minimum absolute atomic E-state index is 0.0639. The van der Waals surface area contributed by atoms with Gasteiger partial charge in [0.2, 0.25) is 0 Å². The quantitative estimate of drug-likeness (QED) is 0.293. The number of alkyl carbamates (subject to hydrolysis) is 2. The molecule has 2 saturated heterocycles. The highest BCUT2D eigenvalue weighted by atomic mass is 19.4. The minimum atomic E-state index is -4.22. The molecule has 0 bridgehead atoms. The Hall–Kier alpha value is -1.75. The Morgan fingerprint density at radius 3 is 2.35 bits per heavy atom. The Bertz CT molecular complexity index is 1260. The lowest BCUT2D eigenvalue weighted by atomic mass is 9.46. The summed E-state index contributed by atoms with van der Waals surface area (Å²) in [6.45, 7) is 13.3. The first-order valence-electron chi connectivity index (χ1n) is 18.9. The topological polar surface area (TPSA) is 89.1 Å². The molecule has 0 radical (unpaired) electrons. The number of nitrogens with one attached hydrogen (secondary N) is 2. The van der Waals surface area contributed by atoms with Crippen LogP contribution in [0.1, 0.15) is 106 Å². The van der Waals surface area contributed by atoms with Crippen molar-refractivity contribution in [3.63, 3.8) is 0 Å². The van der Waals surface area contributed by atoms with E-state index in [9.17, 15) is 22.8 Å². The third kappa shape index (κ3) is 5.54. The molecule has 7 fully saturated rings. The molecule has 272 valence electrons. The van der Waals surface area contributed by atoms with E-state index in [1.807, 2.05) is 6.92 Å². The number of fused-ring (bicyclic) bond motifs is 4. The highest BCUT2D eigenvalue weighted by molar-refractivity contribution is 5.68. The average molecular weight is 682 g/mol. The Balaban J connectivity index is 0.990. The van der Waals surface area contributed by atoms with Crippen molar-refractivity contribution in [1.82, 2.24) is 15.5 Å². The monoisotopic (exact) mass is 681 g/mol. The van der Waals surface area contributed by atoms with Crippen LogP contribution in [0.4, 0.5) is 22.8 Å². The van der Waals surface area contributed by atoms with Crippen molar-refractivity contribution in [2.45, 2.75) is 142 Å². The summed E-state index contributed by atoms with van der Waals surface area (Å²) in [7, 11) is 0. The fraction of sp³-hybridized carbons (Fsp3) is 0.946. The molecule has 0 aromatic heterocycles. The van der Waals surface area contributed by atoms with Gasteiger partial charge in [-0.25, -0.2) is 9.59 Å². The number of hydrogen-bond donors (Lipinski definition) is 2. The molecule has 11 atom stereocenters. The van der Waals surface area contributed by atoms with E-state index in [4.69, 9.17) is 14.2 Å². The van der Waals surface area contributed by atoms with Crippen molar-refractivity contribution in [2.24, 2.45) is 51.2 Å². The number of alkyl halides is 3. The molecule has 8 nitrogen and oxygen atoms in total. The van der Waals surface area contributed by atoms with E-state index in [2.05, 4.69) is 45.3 Å². The molecule has 2 N–H and O–H groups in total. The maximum Gasteiger partial charge on any atom is 0.407 e. The van der Waals surface area contributed by atoms with Crippen LogP contribution in [-0.2, 0) is 14.2 Å². The zero-order chi connectivity index (χ0) is 34.4. The van der Waals surface area contributed by atoms with Gasteiger partial charge in [-0.2, -0.15) is 13.2 Å². The smallest absolute Gasteiger partial charge is 0.407 e. The first-order chi connectivity index (χ1) is 22.5. The van der Waals surface area contributed by atoms with E-state index in [1.165, 1.54) is 30.6 Å². The number of carbonyl (C=O) groups excluding carboxylic acids is 2. The summed E-state index contributed by atoms with van der Waals surface area (Å²) >= 11 is 0. The predicted octanol–water partition coefficient (Wildman–Crippen LogP) is 7.30. The van der Waals surface area contributed by atoms with E-state index < -0.39 is 18.8 Å². The summed E-state index contributed by atoms with van der Waals surface area (Å²) in [5.41, 5.74) is 0.792. The SMILES string of the molecule is CCNC(=O)O[C@H](C(C)C)C1CCC2C(CC3C4CC[C@H]5C(C)(C)[C@@H](OC(=O)NC6CN(CC(F)(F)F)C6)CCC56C[C@@]46CC[C@]23C)O1. The molecule has 7 rings (SSSR count). The number of likely N-dealkylation sites (tertiary alicyclic amines) is 1. The van der Waals surface area contributed by atoms with E-state index in [-0.39, 0.29) is 66.4 Å². The molecule has 0 aromatic rings. The Labute approximate surface area is 284 Å². The van der Waals surface area contributed by atoms with Gasteiger partial charge < -0.3 is 24.8 Å². The second kappa shape index (κ2) is 11.9. The van der Waals surface area contributed by atoms with Crippen LogP contribution < -0.4 is 10.6 Å². The van der Waals surface area contributed by atoms with E-state index in [0.29, 0.717) is 41.0 Å². The first-order valence-corrected chi connectivity index (χ1v) is 18.9. The Kier molecular flexibility index (Phi) is 8.61. The molecule has 7 aliphatic rings. The van der Waals surface area contributed by atoms with Crippen LogP contribution in [0.3, 0.4) is 0 Å². The molecule has 6 unspecified atom stereocenters. The number of amides is 2. The number of hydrogen-bond acceptors (Lipinski definition) is 6. The molecular formula is C37H58F3N3O5. The summed E-state index contributed by atoms with van der Waals surface area (Å²) in [6, 6.07) is -0.296. The summed E-state index contributed by atoms with van der Waals surface area (Å²) in [5.74, 6) is 2.56. The van der Waals surface area contributed by atoms with Crippen LogP contribution in [-0.4, -0.2) is 79.9 Å². The summed E-state index contributed by atoms with van der Waals surface area (Å²) in [5, 5.41) is 5.61. The molecular weight excluding hydrogens is 623 g/mol. The lowest BCUT2D eigenvalue weighted by molar-refractivity contribution is -0.156. The van der Waals surface area contributed by atoms with Crippen LogP contribution in [0.2, 0.25) is 0 Å². The second-order valence-electron chi connectivity index (χ2n) is 18.0. The van der Waals surface area contributed by atoms with Crippen LogP contribution in [0.15, 0.2) is 0 Å². The zero-order valence-electron chi connectivity index (χ0n) is 29.8. The third-order valence-electron chi connectivity index (χ3n) is 15.1. The molecule has 5 aliphatic carbocycles. The summed E-state index contributed by atoms with van der Waals surface area (Å²) in [4.78, 5) is 26.6. The number of carbonyl (C=O) groups is 2. The van der Waals surface area contributed by atoms with Gasteiger partial charge in [-0.1, -0.05) is 34.6 Å². The maximum absolute atomic E-state index is 12.9. The van der Waals surface area contributed by atoms with Gasteiger partial charge in [0, 0.05) is 25.0 Å². The predicted molar refractivity (Wildman–Crippen MR) is 174 cm³/mol. The highest BCUT2D eigenvalue weighted by Gasteiger charge is 2.81. The minimum Gasteiger partial charge on any atom is -0.446 e. The molecule has 2 amide bonds. The average Bonchev–Trinajstić information content (AvgIpc) is 3.55. The number of halogens is 3. The van der Waals surface area contributed by atoms with Crippen molar-refractivity contribution in [1.29, 1.82) is 0 Å². The van der Waals surface area contributed by atoms with Crippen molar-refractivity contribution in [3.8, 4) is 0 Å². The lowest BCUT2D eigenvalue weighted by Gasteiger charge is -2.59. The molecule has 0 aromatic carbocycles. The van der Waals surface area contributed by atoms with Crippen LogP contribution >= 0.6 is 0 Å². The van der Waals surface area contributed by atoms with Gasteiger partial charge in [-0.15, -0.1) is 0 Å². The van der Waals surface area contributed by atoms with Crippen molar-refractivity contribution >= 4 is 12.2 Å². The van der Waals surface area contributed by atoms with E-state index >= 15 is 0 Å². The fourth-order valence-corrected chi connectivity index (χ4v) is 13.0. The van der Waals surface area contributed by atoms with Gasteiger partial charge in [0.05, 0.1) is 24.8 Å².